The Morgan fingerprint density at radius 1 is 1.30 bits per heavy atom. The van der Waals surface area contributed by atoms with Crippen molar-refractivity contribution in [1.82, 2.24) is 14.3 Å². The van der Waals surface area contributed by atoms with E-state index in [4.69, 9.17) is 10.2 Å². The van der Waals surface area contributed by atoms with E-state index in [9.17, 15) is 18.0 Å². The second-order valence-electron chi connectivity index (χ2n) is 4.46. The van der Waals surface area contributed by atoms with Crippen LogP contribution < -0.4 is 0 Å². The number of H-pyrrole nitrogens is 1. The number of hydrogen-bond acceptors (Lipinski definition) is 5. The van der Waals surface area contributed by atoms with Gasteiger partial charge in [-0.1, -0.05) is 0 Å². The van der Waals surface area contributed by atoms with Gasteiger partial charge in [-0.15, -0.1) is 0 Å². The van der Waals surface area contributed by atoms with Crippen molar-refractivity contribution in [1.29, 1.82) is 0 Å². The summed E-state index contributed by atoms with van der Waals surface area (Å²) < 4.78 is 25.4. The van der Waals surface area contributed by atoms with Gasteiger partial charge < -0.3 is 15.2 Å². The highest BCUT2D eigenvalue weighted by Crippen LogP contribution is 2.27. The Balaban J connectivity index is 2.25. The van der Waals surface area contributed by atoms with E-state index < -0.39 is 33.8 Å². The van der Waals surface area contributed by atoms with Crippen molar-refractivity contribution in [3.63, 3.8) is 0 Å². The van der Waals surface area contributed by atoms with E-state index in [1.807, 2.05) is 0 Å². The van der Waals surface area contributed by atoms with Crippen LogP contribution in [0.25, 0.3) is 0 Å². The quantitative estimate of drug-likeness (QED) is 0.661. The Morgan fingerprint density at radius 2 is 1.95 bits per heavy atom. The molecule has 110 valence electrons. The summed E-state index contributed by atoms with van der Waals surface area (Å²) in [4.78, 5) is 28.2. The van der Waals surface area contributed by atoms with Crippen LogP contribution in [0.2, 0.25) is 0 Å². The van der Waals surface area contributed by atoms with Crippen molar-refractivity contribution < 1.29 is 28.2 Å². The van der Waals surface area contributed by atoms with E-state index in [0.717, 1.165) is 10.5 Å². The fourth-order valence-electron chi connectivity index (χ4n) is 2.21. The fourth-order valence-corrected chi connectivity index (χ4v) is 3.59. The first kappa shape index (κ1) is 14.5. The average molecular weight is 303 g/mol. The number of aromatic nitrogens is 2. The first-order chi connectivity index (χ1) is 9.34. The Bertz CT molecular complexity index is 611. The molecule has 9 nitrogen and oxygen atoms in total. The van der Waals surface area contributed by atoms with Gasteiger partial charge in [0.05, 0.1) is 24.4 Å². The average Bonchev–Trinajstić information content (AvgIpc) is 2.92. The van der Waals surface area contributed by atoms with E-state index in [2.05, 4.69) is 9.97 Å². The molecule has 1 aromatic heterocycles. The third-order valence-electron chi connectivity index (χ3n) is 3.30. The van der Waals surface area contributed by atoms with Gasteiger partial charge in [-0.2, -0.15) is 4.31 Å². The molecule has 0 aromatic carbocycles. The highest BCUT2D eigenvalue weighted by Gasteiger charge is 2.42. The Kier molecular flexibility index (Phi) is 3.77. The van der Waals surface area contributed by atoms with E-state index in [-0.39, 0.29) is 24.5 Å². The van der Waals surface area contributed by atoms with Gasteiger partial charge in [-0.25, -0.2) is 13.4 Å². The van der Waals surface area contributed by atoms with Gasteiger partial charge in [0.25, 0.3) is 10.0 Å². The zero-order chi connectivity index (χ0) is 14.9. The lowest BCUT2D eigenvalue weighted by molar-refractivity contribution is -0.156. The Hall–Kier alpha value is -1.94. The number of carbonyl (C=O) groups is 2. The molecule has 1 aliphatic rings. The summed E-state index contributed by atoms with van der Waals surface area (Å²) in [5.41, 5.74) is 0. The summed E-state index contributed by atoms with van der Waals surface area (Å²) in [7, 11) is -3.88. The molecule has 1 fully saturated rings. The normalized spacial score (nSPS) is 24.4. The number of nitrogens with one attached hydrogen (secondary N) is 1. The minimum Gasteiger partial charge on any atom is -0.481 e. The highest BCUT2D eigenvalue weighted by molar-refractivity contribution is 7.89. The molecule has 0 aliphatic carbocycles. The van der Waals surface area contributed by atoms with Gasteiger partial charge in [-0.05, 0) is 6.42 Å². The summed E-state index contributed by atoms with van der Waals surface area (Å²) in [5.74, 6) is -4.89. The van der Waals surface area contributed by atoms with Crippen molar-refractivity contribution in [3.8, 4) is 0 Å². The summed E-state index contributed by atoms with van der Waals surface area (Å²) in [6, 6.07) is 0. The number of carboxylic acid groups (broad SMARTS) is 2. The molecule has 2 rings (SSSR count). The lowest BCUT2D eigenvalue weighted by Crippen LogP contribution is -2.48. The van der Waals surface area contributed by atoms with Crippen molar-refractivity contribution >= 4 is 22.0 Å². The number of aliphatic carboxylic acids is 2. The zero-order valence-corrected chi connectivity index (χ0v) is 11.1. The largest absolute Gasteiger partial charge is 0.481 e. The first-order valence-electron chi connectivity index (χ1n) is 5.78. The zero-order valence-electron chi connectivity index (χ0n) is 10.3. The molecule has 3 N–H and O–H groups in total. The van der Waals surface area contributed by atoms with Crippen LogP contribution in [-0.2, 0) is 19.6 Å². The molecule has 10 heteroatoms. The standard InChI is InChI=1S/C10H13N3O6S/c14-9(15)6-1-2-13(4-7(6)10(16)17)20(18,19)8-3-11-5-12-8/h3,5-7H,1-2,4H2,(H,11,12)(H,14,15)(H,16,17). The molecule has 0 bridgehead atoms. The first-order valence-corrected chi connectivity index (χ1v) is 7.22. The number of carboxylic acids is 2. The Morgan fingerprint density at radius 3 is 2.45 bits per heavy atom. The molecule has 2 unspecified atom stereocenters. The van der Waals surface area contributed by atoms with Crippen LogP contribution in [0.4, 0.5) is 0 Å². The van der Waals surface area contributed by atoms with Crippen LogP contribution in [0.3, 0.4) is 0 Å². The third-order valence-corrected chi connectivity index (χ3v) is 5.09. The number of sulfonamides is 1. The van der Waals surface area contributed by atoms with Crippen molar-refractivity contribution in [3.05, 3.63) is 12.5 Å². The molecule has 2 atom stereocenters. The van der Waals surface area contributed by atoms with Gasteiger partial charge in [0.1, 0.15) is 0 Å². The highest BCUT2D eigenvalue weighted by atomic mass is 32.2. The van der Waals surface area contributed by atoms with Crippen LogP contribution in [0.1, 0.15) is 6.42 Å². The van der Waals surface area contributed by atoms with E-state index >= 15 is 0 Å². The molecule has 0 radical (unpaired) electrons. The van der Waals surface area contributed by atoms with Gasteiger partial charge in [-0.3, -0.25) is 9.59 Å². The number of rotatable bonds is 4. The van der Waals surface area contributed by atoms with Gasteiger partial charge >= 0.3 is 11.9 Å². The van der Waals surface area contributed by atoms with E-state index in [1.54, 1.807) is 0 Å². The van der Waals surface area contributed by atoms with Crippen molar-refractivity contribution in [2.24, 2.45) is 11.8 Å². The van der Waals surface area contributed by atoms with Crippen LogP contribution in [-0.4, -0.2) is 57.9 Å². The fraction of sp³-hybridized carbons (Fsp3) is 0.500. The van der Waals surface area contributed by atoms with E-state index in [1.165, 1.54) is 6.33 Å². The molecule has 2 heterocycles. The molecule has 1 saturated heterocycles. The minimum atomic E-state index is -3.88. The number of aromatic amines is 1. The smallest absolute Gasteiger partial charge is 0.308 e. The maximum atomic E-state index is 12.2. The number of hydrogen-bond donors (Lipinski definition) is 3. The molecule has 0 saturated carbocycles. The van der Waals surface area contributed by atoms with Crippen LogP contribution >= 0.6 is 0 Å². The maximum Gasteiger partial charge on any atom is 0.308 e. The molecule has 20 heavy (non-hydrogen) atoms. The van der Waals surface area contributed by atoms with Crippen LogP contribution in [0, 0.1) is 11.8 Å². The topological polar surface area (TPSA) is 141 Å². The lowest BCUT2D eigenvalue weighted by atomic mass is 9.86. The SMILES string of the molecule is O=C(O)C1CCN(S(=O)(=O)c2cnc[nH]2)CC1C(=O)O. The van der Waals surface area contributed by atoms with Crippen LogP contribution in [0.15, 0.2) is 17.6 Å². The Labute approximate surface area is 114 Å². The molecular weight excluding hydrogens is 290 g/mol. The predicted octanol–water partition coefficient (Wildman–Crippen LogP) is -0.794. The van der Waals surface area contributed by atoms with Crippen LogP contribution in [0.5, 0.6) is 0 Å². The lowest BCUT2D eigenvalue weighted by Gasteiger charge is -2.33. The summed E-state index contributed by atoms with van der Waals surface area (Å²) in [6.45, 7) is -0.407. The minimum absolute atomic E-state index is 0.0396. The second kappa shape index (κ2) is 5.21. The molecule has 1 aliphatic heterocycles. The summed E-state index contributed by atoms with van der Waals surface area (Å²) >= 11 is 0. The predicted molar refractivity (Wildman–Crippen MR) is 64.2 cm³/mol. The number of piperidine rings is 1. The van der Waals surface area contributed by atoms with Gasteiger partial charge in [0.2, 0.25) is 0 Å². The second-order valence-corrected chi connectivity index (χ2v) is 6.36. The molecular formula is C10H13N3O6S. The molecule has 0 spiro atoms. The van der Waals surface area contributed by atoms with Crippen molar-refractivity contribution in [2.45, 2.75) is 11.4 Å². The molecule has 0 amide bonds. The monoisotopic (exact) mass is 303 g/mol. The number of imidazole rings is 1. The third kappa shape index (κ3) is 2.51. The maximum absolute atomic E-state index is 12.2. The number of nitrogens with zero attached hydrogens (tertiary/aromatic N) is 2. The summed E-state index contributed by atoms with van der Waals surface area (Å²) in [6.07, 6.45) is 2.28. The molecule has 1 aromatic rings. The van der Waals surface area contributed by atoms with Gasteiger partial charge in [0.15, 0.2) is 5.03 Å². The summed E-state index contributed by atoms with van der Waals surface area (Å²) in [5, 5.41) is 17.9. The van der Waals surface area contributed by atoms with E-state index in [0.29, 0.717) is 0 Å². The van der Waals surface area contributed by atoms with Crippen molar-refractivity contribution in [2.75, 3.05) is 13.1 Å². The van der Waals surface area contributed by atoms with Gasteiger partial charge in [0, 0.05) is 13.1 Å².